The summed E-state index contributed by atoms with van der Waals surface area (Å²) < 4.78 is 4.83. The summed E-state index contributed by atoms with van der Waals surface area (Å²) in [5, 5.41) is 17.8. The van der Waals surface area contributed by atoms with Crippen LogP contribution in [-0.4, -0.2) is 14.2 Å². The van der Waals surface area contributed by atoms with Gasteiger partial charge in [-0.2, -0.15) is 0 Å². The summed E-state index contributed by atoms with van der Waals surface area (Å²) >= 11 is 0. The summed E-state index contributed by atoms with van der Waals surface area (Å²) in [5.41, 5.74) is 7.49. The van der Waals surface area contributed by atoms with Crippen LogP contribution >= 0.6 is 0 Å². The van der Waals surface area contributed by atoms with Gasteiger partial charge in [0.2, 0.25) is 0 Å². The predicted molar refractivity (Wildman–Crippen MR) is 176 cm³/mol. The van der Waals surface area contributed by atoms with Gasteiger partial charge < -0.3 is 14.2 Å². The highest BCUT2D eigenvalue weighted by atomic mass is 16.3. The molecule has 1 N–H and O–H groups in total. The van der Waals surface area contributed by atoms with E-state index in [0.29, 0.717) is 11.8 Å². The fraction of sp³-hybridized carbons (Fsp3) is 0.250. The Kier molecular flexibility index (Phi) is 4.83. The van der Waals surface area contributed by atoms with Crippen molar-refractivity contribution >= 4 is 43.6 Å². The quantitative estimate of drug-likeness (QED) is 0.230. The molecule has 0 aliphatic heterocycles. The molecular formula is C40H34N2O. The second-order valence-corrected chi connectivity index (χ2v) is 13.6. The SMILES string of the molecule is OC1(c2ccccc2-n2c3ccccc3c3cc(-n4c5ccccc5c5ccccc54)ccc32)C2CC3CC(C2)CC1C3. The fourth-order valence-corrected chi connectivity index (χ4v) is 9.91. The van der Waals surface area contributed by atoms with E-state index in [4.69, 9.17) is 0 Å². The van der Waals surface area contributed by atoms with Gasteiger partial charge in [0.1, 0.15) is 0 Å². The number of aliphatic hydroxyl groups is 1. The molecule has 0 saturated heterocycles. The van der Waals surface area contributed by atoms with Gasteiger partial charge in [0, 0.05) is 32.8 Å². The molecule has 0 amide bonds. The van der Waals surface area contributed by atoms with Gasteiger partial charge in [-0.15, -0.1) is 0 Å². The zero-order valence-corrected chi connectivity index (χ0v) is 24.2. The maximum absolute atomic E-state index is 12.7. The van der Waals surface area contributed by atoms with Crippen molar-refractivity contribution in [2.45, 2.75) is 37.7 Å². The Bertz CT molecular complexity index is 2150. The van der Waals surface area contributed by atoms with E-state index in [1.807, 2.05) is 0 Å². The lowest BCUT2D eigenvalue weighted by Gasteiger charge is -2.59. The van der Waals surface area contributed by atoms with Gasteiger partial charge >= 0.3 is 0 Å². The number of hydrogen-bond donors (Lipinski definition) is 1. The van der Waals surface area contributed by atoms with Gasteiger partial charge in [0.25, 0.3) is 0 Å². The summed E-state index contributed by atoms with van der Waals surface area (Å²) in [4.78, 5) is 0. The number of hydrogen-bond acceptors (Lipinski definition) is 1. The van der Waals surface area contributed by atoms with Crippen LogP contribution in [0.5, 0.6) is 0 Å². The third-order valence-electron chi connectivity index (χ3n) is 11.5. The molecule has 4 saturated carbocycles. The van der Waals surface area contributed by atoms with Crippen LogP contribution in [0.4, 0.5) is 0 Å². The highest BCUT2D eigenvalue weighted by Gasteiger charge is 2.57. The first kappa shape index (κ1) is 24.1. The maximum Gasteiger partial charge on any atom is 0.0973 e. The largest absolute Gasteiger partial charge is 0.385 e. The Morgan fingerprint density at radius 1 is 0.488 bits per heavy atom. The first-order chi connectivity index (χ1) is 21.2. The number of fused-ring (bicyclic) bond motifs is 6. The van der Waals surface area contributed by atoms with Crippen molar-refractivity contribution < 1.29 is 5.11 Å². The molecule has 0 unspecified atom stereocenters. The third kappa shape index (κ3) is 3.18. The maximum atomic E-state index is 12.7. The minimum absolute atomic E-state index is 0.361. The number of rotatable bonds is 3. The van der Waals surface area contributed by atoms with Crippen LogP contribution in [0.25, 0.3) is 55.0 Å². The highest BCUT2D eigenvalue weighted by Crippen LogP contribution is 2.62. The summed E-state index contributed by atoms with van der Waals surface area (Å²) in [5.74, 6) is 2.34. The molecule has 4 bridgehead atoms. The molecule has 43 heavy (non-hydrogen) atoms. The molecule has 3 nitrogen and oxygen atoms in total. The van der Waals surface area contributed by atoms with E-state index < -0.39 is 5.60 Å². The van der Waals surface area contributed by atoms with Gasteiger partial charge in [-0.3, -0.25) is 0 Å². The number of aromatic nitrogens is 2. The molecule has 0 radical (unpaired) electrons. The summed E-state index contributed by atoms with van der Waals surface area (Å²) in [6.07, 6.45) is 6.08. The molecule has 4 fully saturated rings. The average molecular weight is 559 g/mol. The molecule has 2 heterocycles. The predicted octanol–water partition coefficient (Wildman–Crippen LogP) is 9.52. The zero-order chi connectivity index (χ0) is 28.3. The van der Waals surface area contributed by atoms with E-state index in [2.05, 4.69) is 124 Å². The van der Waals surface area contributed by atoms with Gasteiger partial charge in [-0.05, 0) is 98.2 Å². The van der Waals surface area contributed by atoms with Crippen LogP contribution in [0.1, 0.15) is 37.7 Å². The molecule has 4 aliphatic rings. The zero-order valence-electron chi connectivity index (χ0n) is 24.2. The Balaban J connectivity index is 1.22. The van der Waals surface area contributed by atoms with Crippen LogP contribution in [0.2, 0.25) is 0 Å². The lowest BCUT2D eigenvalue weighted by molar-refractivity contribution is -0.179. The Labute approximate surface area is 251 Å². The molecule has 11 rings (SSSR count). The van der Waals surface area contributed by atoms with E-state index in [-0.39, 0.29) is 0 Å². The van der Waals surface area contributed by atoms with Crippen LogP contribution in [0, 0.1) is 23.7 Å². The number of benzene rings is 5. The third-order valence-corrected chi connectivity index (χ3v) is 11.5. The smallest absolute Gasteiger partial charge is 0.0973 e. The van der Waals surface area contributed by atoms with E-state index in [9.17, 15) is 5.11 Å². The Morgan fingerprint density at radius 2 is 0.977 bits per heavy atom. The van der Waals surface area contributed by atoms with Crippen molar-refractivity contribution in [3.05, 3.63) is 121 Å². The summed E-state index contributed by atoms with van der Waals surface area (Å²) in [7, 11) is 0. The number of para-hydroxylation sites is 4. The Hall–Kier alpha value is -4.34. The van der Waals surface area contributed by atoms with Crippen LogP contribution < -0.4 is 0 Å². The second-order valence-electron chi connectivity index (χ2n) is 13.6. The molecule has 7 aromatic rings. The van der Waals surface area contributed by atoms with Gasteiger partial charge in [-0.1, -0.05) is 72.8 Å². The monoisotopic (exact) mass is 558 g/mol. The van der Waals surface area contributed by atoms with Gasteiger partial charge in [-0.25, -0.2) is 0 Å². The van der Waals surface area contributed by atoms with Crippen molar-refractivity contribution in [1.82, 2.24) is 9.13 Å². The molecule has 0 atom stereocenters. The summed E-state index contributed by atoms with van der Waals surface area (Å²) in [6, 6.07) is 41.9. The van der Waals surface area contributed by atoms with Crippen molar-refractivity contribution in [1.29, 1.82) is 0 Å². The van der Waals surface area contributed by atoms with E-state index in [1.165, 1.54) is 81.4 Å². The van der Waals surface area contributed by atoms with Gasteiger partial charge in [0.05, 0.1) is 33.4 Å². The van der Waals surface area contributed by atoms with Crippen molar-refractivity contribution in [2.75, 3.05) is 0 Å². The lowest BCUT2D eigenvalue weighted by Crippen LogP contribution is -2.55. The van der Waals surface area contributed by atoms with Crippen LogP contribution in [0.3, 0.4) is 0 Å². The fourth-order valence-electron chi connectivity index (χ4n) is 9.91. The first-order valence-electron chi connectivity index (χ1n) is 16.0. The van der Waals surface area contributed by atoms with Gasteiger partial charge in [0.15, 0.2) is 0 Å². The second kappa shape index (κ2) is 8.61. The summed E-state index contributed by atoms with van der Waals surface area (Å²) in [6.45, 7) is 0. The highest BCUT2D eigenvalue weighted by molar-refractivity contribution is 6.12. The van der Waals surface area contributed by atoms with E-state index in [1.54, 1.807) is 0 Å². The Morgan fingerprint density at radius 3 is 1.60 bits per heavy atom. The van der Waals surface area contributed by atoms with E-state index in [0.717, 1.165) is 23.1 Å². The molecule has 210 valence electrons. The molecule has 2 aromatic heterocycles. The van der Waals surface area contributed by atoms with Crippen molar-refractivity contribution in [3.8, 4) is 11.4 Å². The minimum atomic E-state index is -0.759. The van der Waals surface area contributed by atoms with E-state index >= 15 is 0 Å². The molecule has 3 heteroatoms. The topological polar surface area (TPSA) is 30.1 Å². The first-order valence-corrected chi connectivity index (χ1v) is 16.0. The van der Waals surface area contributed by atoms with Crippen molar-refractivity contribution in [2.24, 2.45) is 23.7 Å². The minimum Gasteiger partial charge on any atom is -0.385 e. The molecule has 5 aromatic carbocycles. The normalized spacial score (nSPS) is 26.3. The molecular weight excluding hydrogens is 524 g/mol. The lowest BCUT2D eigenvalue weighted by atomic mass is 9.48. The van der Waals surface area contributed by atoms with Crippen LogP contribution in [-0.2, 0) is 5.60 Å². The molecule has 0 spiro atoms. The number of nitrogens with zero attached hydrogens (tertiary/aromatic N) is 2. The average Bonchev–Trinajstić information content (AvgIpc) is 3.56. The van der Waals surface area contributed by atoms with Crippen molar-refractivity contribution in [3.63, 3.8) is 0 Å². The standard InChI is InChI=1S/C40H34N2O/c43-40(27-20-25-19-26(22-27)23-28(40)21-25)34-12-4-8-16-39(34)42-37-15-7-3-11-32(37)33-24-29(17-18-38(33)42)41-35-13-5-1-9-30(35)31-10-2-6-14-36(31)41/h1-18,24-28,43H,19-23H2. The van der Waals surface area contributed by atoms with Crippen LogP contribution in [0.15, 0.2) is 115 Å². The molecule has 4 aliphatic carbocycles.